The molecule has 2 rings (SSSR count). The van der Waals surface area contributed by atoms with Gasteiger partial charge in [0, 0.05) is 25.7 Å². The fraction of sp³-hybridized carbons (Fsp3) is 0.941. The highest BCUT2D eigenvalue weighted by atomic mass is 16.2. The number of rotatable bonds is 7. The van der Waals surface area contributed by atoms with Crippen molar-refractivity contribution in [2.45, 2.75) is 38.1 Å². The number of hydrogen-bond donors (Lipinski definition) is 2. The van der Waals surface area contributed by atoms with Crippen LogP contribution in [0.15, 0.2) is 5.11 Å². The van der Waals surface area contributed by atoms with E-state index in [1.54, 1.807) is 0 Å². The third-order valence-electron chi connectivity index (χ3n) is 5.44. The third-order valence-corrected chi connectivity index (χ3v) is 5.44. The molecule has 0 saturated carbocycles. The van der Waals surface area contributed by atoms with Crippen molar-refractivity contribution >= 4 is 6.03 Å². The minimum atomic E-state index is -0.510. The van der Waals surface area contributed by atoms with E-state index in [-0.39, 0.29) is 6.04 Å². The molecule has 138 valence electrons. The van der Waals surface area contributed by atoms with Crippen LogP contribution in [-0.2, 0) is 0 Å². The quantitative estimate of drug-likeness (QED) is 0.695. The van der Waals surface area contributed by atoms with E-state index in [0.717, 1.165) is 38.4 Å². The summed E-state index contributed by atoms with van der Waals surface area (Å²) in [7, 11) is 4.47. The van der Waals surface area contributed by atoms with Crippen molar-refractivity contribution in [3.05, 3.63) is 0 Å². The van der Waals surface area contributed by atoms with Crippen LogP contribution in [0.4, 0.5) is 4.79 Å². The largest absolute Gasteiger partial charge is 0.359 e. The second-order valence-electron chi connectivity index (χ2n) is 7.54. The van der Waals surface area contributed by atoms with Gasteiger partial charge in [-0.2, -0.15) is 5.53 Å². The first-order chi connectivity index (χ1) is 11.6. The van der Waals surface area contributed by atoms with Crippen molar-refractivity contribution in [1.82, 2.24) is 20.0 Å². The smallest absolute Gasteiger partial charge is 0.332 e. The second-order valence-corrected chi connectivity index (χ2v) is 7.54. The highest BCUT2D eigenvalue weighted by molar-refractivity contribution is 5.74. The Morgan fingerprint density at radius 2 is 1.88 bits per heavy atom. The summed E-state index contributed by atoms with van der Waals surface area (Å²) in [4.78, 5) is 18.5. The fourth-order valence-corrected chi connectivity index (χ4v) is 3.85. The van der Waals surface area contributed by atoms with Gasteiger partial charge in [-0.25, -0.2) is 4.79 Å². The van der Waals surface area contributed by atoms with E-state index in [2.05, 4.69) is 39.2 Å². The molecule has 0 aromatic rings. The summed E-state index contributed by atoms with van der Waals surface area (Å²) in [6.07, 6.45) is 5.82. The molecule has 2 fully saturated rings. The first-order valence-electron chi connectivity index (χ1n) is 9.34. The van der Waals surface area contributed by atoms with Crippen molar-refractivity contribution in [2.24, 2.45) is 11.0 Å². The van der Waals surface area contributed by atoms with Gasteiger partial charge in [0.1, 0.15) is 0 Å². The first kappa shape index (κ1) is 19.3. The van der Waals surface area contributed by atoms with Gasteiger partial charge in [-0.3, -0.25) is 0 Å². The van der Waals surface area contributed by atoms with E-state index in [4.69, 9.17) is 5.53 Å². The summed E-state index contributed by atoms with van der Waals surface area (Å²) in [6, 6.07) is -0.320. The van der Waals surface area contributed by atoms with Crippen LogP contribution >= 0.6 is 0 Å². The zero-order valence-corrected chi connectivity index (χ0v) is 15.3. The Morgan fingerprint density at radius 1 is 1.21 bits per heavy atom. The summed E-state index contributed by atoms with van der Waals surface area (Å²) < 4.78 is 0. The zero-order valence-electron chi connectivity index (χ0n) is 15.3. The molecule has 0 aliphatic carbocycles. The molecule has 0 aromatic heterocycles. The molecule has 2 aliphatic rings. The predicted molar refractivity (Wildman–Crippen MR) is 95.5 cm³/mol. The van der Waals surface area contributed by atoms with Crippen LogP contribution in [0.2, 0.25) is 0 Å². The number of nitrogens with zero attached hydrogens (tertiary/aromatic N) is 4. The van der Waals surface area contributed by atoms with Gasteiger partial charge >= 0.3 is 6.03 Å². The van der Waals surface area contributed by atoms with Gasteiger partial charge in [0.2, 0.25) is 0 Å². The molecule has 2 amide bonds. The second kappa shape index (κ2) is 10.1. The minimum absolute atomic E-state index is 0.190. The number of piperidine rings is 2. The number of amides is 2. The Bertz CT molecular complexity index is 389. The van der Waals surface area contributed by atoms with E-state index in [1.165, 1.54) is 45.4 Å². The van der Waals surface area contributed by atoms with Crippen molar-refractivity contribution < 1.29 is 4.79 Å². The highest BCUT2D eigenvalue weighted by Gasteiger charge is 2.21. The van der Waals surface area contributed by atoms with E-state index in [0.29, 0.717) is 0 Å². The van der Waals surface area contributed by atoms with Gasteiger partial charge < -0.3 is 20.0 Å². The normalized spacial score (nSPS) is 22.0. The summed E-state index contributed by atoms with van der Waals surface area (Å²) in [6.45, 7) is 8.10. The van der Waals surface area contributed by atoms with Crippen LogP contribution in [0.25, 0.3) is 0 Å². The molecule has 0 atom stereocenters. The van der Waals surface area contributed by atoms with Gasteiger partial charge in [-0.15, -0.1) is 0 Å². The van der Waals surface area contributed by atoms with E-state index >= 15 is 0 Å². The third kappa shape index (κ3) is 6.83. The maximum atomic E-state index is 11.1. The van der Waals surface area contributed by atoms with Crippen LogP contribution in [0.1, 0.15) is 32.1 Å². The van der Waals surface area contributed by atoms with Gasteiger partial charge in [0.05, 0.1) is 0 Å². The van der Waals surface area contributed by atoms with Crippen LogP contribution in [-0.4, -0.2) is 86.7 Å². The maximum Gasteiger partial charge on any atom is 0.359 e. The average Bonchev–Trinajstić information content (AvgIpc) is 2.58. The number of nitrogens with one attached hydrogen (secondary N) is 2. The number of hydrogen-bond acceptors (Lipinski definition) is 5. The molecular formula is C17H34N6O. The molecule has 0 radical (unpaired) electrons. The number of carbonyl (C=O) groups is 1. The SMILES string of the molecule is CN1CCC(CN(C)CCCN2CCC(NC(=O)N=N)CC2)CC1. The molecular weight excluding hydrogens is 304 g/mol. The Kier molecular flexibility index (Phi) is 8.08. The molecule has 2 heterocycles. The highest BCUT2D eigenvalue weighted by Crippen LogP contribution is 2.17. The molecule has 7 nitrogen and oxygen atoms in total. The van der Waals surface area contributed by atoms with E-state index < -0.39 is 6.03 Å². The Labute approximate surface area is 146 Å². The summed E-state index contributed by atoms with van der Waals surface area (Å²) in [5, 5.41) is 5.68. The summed E-state index contributed by atoms with van der Waals surface area (Å²) >= 11 is 0. The lowest BCUT2D eigenvalue weighted by Gasteiger charge is -2.33. The average molecular weight is 339 g/mol. The zero-order chi connectivity index (χ0) is 17.4. The summed E-state index contributed by atoms with van der Waals surface area (Å²) in [5.41, 5.74) is 6.70. The lowest BCUT2D eigenvalue weighted by Crippen LogP contribution is -2.44. The monoisotopic (exact) mass is 338 g/mol. The molecule has 2 saturated heterocycles. The van der Waals surface area contributed by atoms with Crippen molar-refractivity contribution in [3.8, 4) is 0 Å². The number of carbonyl (C=O) groups excluding carboxylic acids is 1. The lowest BCUT2D eigenvalue weighted by molar-refractivity contribution is 0.162. The fourth-order valence-electron chi connectivity index (χ4n) is 3.85. The van der Waals surface area contributed by atoms with E-state index in [9.17, 15) is 4.79 Å². The molecule has 2 aliphatic heterocycles. The van der Waals surface area contributed by atoms with Gasteiger partial charge in [0.15, 0.2) is 0 Å². The molecule has 24 heavy (non-hydrogen) atoms. The molecule has 7 heteroatoms. The first-order valence-corrected chi connectivity index (χ1v) is 9.34. The Balaban J connectivity index is 1.53. The van der Waals surface area contributed by atoms with Gasteiger partial charge in [0.25, 0.3) is 0 Å². The van der Waals surface area contributed by atoms with E-state index in [1.807, 2.05) is 0 Å². The van der Waals surface area contributed by atoms with Crippen LogP contribution < -0.4 is 5.32 Å². The van der Waals surface area contributed by atoms with Gasteiger partial charge in [-0.1, -0.05) is 5.11 Å². The Hall–Kier alpha value is -1.05. The predicted octanol–water partition coefficient (Wildman–Crippen LogP) is 1.86. The standard InChI is InChI=1S/C17H34N6O/c1-21-10-4-15(5-11-21)14-22(2)8-3-9-23-12-6-16(7-13-23)19-17(24)20-18/h15-16,18H,3-14H2,1-2H3,(H,19,24). The Morgan fingerprint density at radius 3 is 2.50 bits per heavy atom. The molecule has 2 N–H and O–H groups in total. The van der Waals surface area contributed by atoms with Gasteiger partial charge in [-0.05, 0) is 78.3 Å². The number of urea groups is 1. The summed E-state index contributed by atoms with van der Waals surface area (Å²) in [5.74, 6) is 0.869. The maximum absolute atomic E-state index is 11.1. The molecule has 0 spiro atoms. The van der Waals surface area contributed by atoms with Crippen LogP contribution in [0, 0.1) is 11.4 Å². The number of likely N-dealkylation sites (tertiary alicyclic amines) is 2. The van der Waals surface area contributed by atoms with Crippen molar-refractivity contribution in [2.75, 3.05) is 59.9 Å². The molecule has 0 bridgehead atoms. The molecule has 0 unspecified atom stereocenters. The van der Waals surface area contributed by atoms with Crippen molar-refractivity contribution in [1.29, 1.82) is 5.53 Å². The topological polar surface area (TPSA) is 75.0 Å². The van der Waals surface area contributed by atoms with Crippen LogP contribution in [0.3, 0.4) is 0 Å². The van der Waals surface area contributed by atoms with Crippen molar-refractivity contribution in [3.63, 3.8) is 0 Å². The lowest BCUT2D eigenvalue weighted by atomic mass is 9.96. The minimum Gasteiger partial charge on any atom is -0.332 e. The molecule has 0 aromatic carbocycles. The van der Waals surface area contributed by atoms with Crippen LogP contribution in [0.5, 0.6) is 0 Å².